The second-order valence-corrected chi connectivity index (χ2v) is 6.15. The van der Waals surface area contributed by atoms with Crippen LogP contribution >= 0.6 is 11.6 Å². The second kappa shape index (κ2) is 7.66. The van der Waals surface area contributed by atoms with Crippen molar-refractivity contribution < 1.29 is 4.79 Å². The van der Waals surface area contributed by atoms with Gasteiger partial charge in [0.15, 0.2) is 0 Å². The number of rotatable bonds is 4. The lowest BCUT2D eigenvalue weighted by Crippen LogP contribution is -2.49. The van der Waals surface area contributed by atoms with Crippen LogP contribution in [0.2, 0.25) is 5.02 Å². The third-order valence-electron chi connectivity index (χ3n) is 4.10. The van der Waals surface area contributed by atoms with Crippen LogP contribution in [0.1, 0.15) is 33.1 Å². The Morgan fingerprint density at radius 1 is 1.43 bits per heavy atom. The van der Waals surface area contributed by atoms with Gasteiger partial charge in [0.2, 0.25) is 0 Å². The Morgan fingerprint density at radius 3 is 2.90 bits per heavy atom. The summed E-state index contributed by atoms with van der Waals surface area (Å²) in [6, 6.07) is 7.97. The number of hydrogen-bond donors (Lipinski definition) is 2. The second-order valence-electron chi connectivity index (χ2n) is 5.75. The highest BCUT2D eigenvalue weighted by atomic mass is 35.5. The molecule has 2 amide bonds. The summed E-state index contributed by atoms with van der Waals surface area (Å²) in [5.41, 5.74) is 0.635. The van der Waals surface area contributed by atoms with E-state index in [1.807, 2.05) is 12.1 Å². The van der Waals surface area contributed by atoms with Gasteiger partial charge in [0.1, 0.15) is 0 Å². The standard InChI is InChI=1S/C16H24ClN3O/c1-12-7-5-6-10-20(12)13(2)11-18-16(21)19-15-9-4-3-8-14(15)17/h3-4,8-9,12-13H,5-7,10-11H2,1-2H3,(H2,18,19,21)/t12-,13-/m0/s1. The molecule has 1 aromatic rings. The molecule has 0 unspecified atom stereocenters. The van der Waals surface area contributed by atoms with Gasteiger partial charge < -0.3 is 10.6 Å². The Bertz CT molecular complexity index is 480. The van der Waals surface area contributed by atoms with E-state index in [0.717, 1.165) is 6.54 Å². The van der Waals surface area contributed by atoms with E-state index >= 15 is 0 Å². The third kappa shape index (κ3) is 4.61. The molecule has 0 aliphatic carbocycles. The first-order valence-electron chi connectivity index (χ1n) is 7.63. The number of urea groups is 1. The maximum absolute atomic E-state index is 11.9. The average molecular weight is 310 g/mol. The minimum atomic E-state index is -0.209. The van der Waals surface area contributed by atoms with Crippen molar-refractivity contribution in [1.29, 1.82) is 0 Å². The van der Waals surface area contributed by atoms with E-state index in [-0.39, 0.29) is 6.03 Å². The molecule has 2 atom stereocenters. The minimum absolute atomic E-state index is 0.209. The van der Waals surface area contributed by atoms with Crippen molar-refractivity contribution in [3.05, 3.63) is 29.3 Å². The largest absolute Gasteiger partial charge is 0.336 e. The average Bonchev–Trinajstić information content (AvgIpc) is 2.48. The molecule has 1 heterocycles. The quantitative estimate of drug-likeness (QED) is 0.890. The molecule has 1 fully saturated rings. The number of amides is 2. The molecular formula is C16H24ClN3O. The molecule has 0 radical (unpaired) electrons. The topological polar surface area (TPSA) is 44.4 Å². The number of hydrogen-bond acceptors (Lipinski definition) is 2. The number of halogens is 1. The van der Waals surface area contributed by atoms with Crippen LogP contribution in [0.4, 0.5) is 10.5 Å². The van der Waals surface area contributed by atoms with Crippen LogP contribution in [-0.4, -0.2) is 36.1 Å². The monoisotopic (exact) mass is 309 g/mol. The molecule has 0 saturated carbocycles. The Balaban J connectivity index is 1.79. The van der Waals surface area contributed by atoms with Crippen LogP contribution in [0, 0.1) is 0 Å². The highest BCUT2D eigenvalue weighted by molar-refractivity contribution is 6.33. The lowest BCUT2D eigenvalue weighted by molar-refractivity contribution is 0.114. The molecule has 116 valence electrons. The zero-order valence-corrected chi connectivity index (χ0v) is 13.5. The number of anilines is 1. The van der Waals surface area contributed by atoms with Crippen molar-refractivity contribution in [2.75, 3.05) is 18.4 Å². The van der Waals surface area contributed by atoms with Crippen LogP contribution in [0.15, 0.2) is 24.3 Å². The summed E-state index contributed by atoms with van der Waals surface area (Å²) in [5, 5.41) is 6.25. The minimum Gasteiger partial charge on any atom is -0.336 e. The normalized spacial score (nSPS) is 20.8. The summed E-state index contributed by atoms with van der Waals surface area (Å²) in [6.45, 7) is 6.19. The van der Waals surface area contributed by atoms with Crippen LogP contribution < -0.4 is 10.6 Å². The lowest BCUT2D eigenvalue weighted by Gasteiger charge is -2.38. The first-order valence-corrected chi connectivity index (χ1v) is 8.01. The van der Waals surface area contributed by atoms with Gasteiger partial charge in [0.05, 0.1) is 10.7 Å². The first kappa shape index (κ1) is 16.1. The van der Waals surface area contributed by atoms with E-state index < -0.39 is 0 Å². The molecule has 2 N–H and O–H groups in total. The van der Waals surface area contributed by atoms with Crippen molar-refractivity contribution in [1.82, 2.24) is 10.2 Å². The van der Waals surface area contributed by atoms with Gasteiger partial charge in [-0.1, -0.05) is 30.2 Å². The number of carbonyl (C=O) groups is 1. The molecule has 1 aromatic carbocycles. The zero-order chi connectivity index (χ0) is 15.2. The van der Waals surface area contributed by atoms with Gasteiger partial charge in [-0.05, 0) is 45.4 Å². The fourth-order valence-electron chi connectivity index (χ4n) is 2.86. The summed E-state index contributed by atoms with van der Waals surface area (Å²) in [4.78, 5) is 14.4. The van der Waals surface area contributed by atoms with E-state index in [9.17, 15) is 4.79 Å². The van der Waals surface area contributed by atoms with E-state index in [1.165, 1.54) is 19.3 Å². The number of para-hydroxylation sites is 1. The zero-order valence-electron chi connectivity index (χ0n) is 12.7. The highest BCUT2D eigenvalue weighted by Gasteiger charge is 2.23. The number of benzene rings is 1. The van der Waals surface area contributed by atoms with E-state index in [1.54, 1.807) is 12.1 Å². The van der Waals surface area contributed by atoms with Gasteiger partial charge >= 0.3 is 6.03 Å². The molecule has 0 spiro atoms. The van der Waals surface area contributed by atoms with Crippen LogP contribution in [0.3, 0.4) is 0 Å². The number of piperidine rings is 1. The molecule has 1 saturated heterocycles. The van der Waals surface area contributed by atoms with Gasteiger partial charge in [-0.3, -0.25) is 4.90 Å². The van der Waals surface area contributed by atoms with Crippen LogP contribution in [-0.2, 0) is 0 Å². The molecule has 4 nitrogen and oxygen atoms in total. The maximum Gasteiger partial charge on any atom is 0.319 e. The molecular weight excluding hydrogens is 286 g/mol. The van der Waals surface area contributed by atoms with E-state index in [4.69, 9.17) is 11.6 Å². The fourth-order valence-corrected chi connectivity index (χ4v) is 3.04. The van der Waals surface area contributed by atoms with Gasteiger partial charge in [0, 0.05) is 18.6 Å². The van der Waals surface area contributed by atoms with Gasteiger partial charge in [0.25, 0.3) is 0 Å². The summed E-state index contributed by atoms with van der Waals surface area (Å²) in [6.07, 6.45) is 3.81. The predicted octanol–water partition coefficient (Wildman–Crippen LogP) is 3.72. The van der Waals surface area contributed by atoms with Crippen molar-refractivity contribution in [2.45, 2.75) is 45.2 Å². The van der Waals surface area contributed by atoms with Gasteiger partial charge in [-0.25, -0.2) is 4.79 Å². The van der Waals surface area contributed by atoms with Gasteiger partial charge in [-0.2, -0.15) is 0 Å². The van der Waals surface area contributed by atoms with Crippen LogP contribution in [0.25, 0.3) is 0 Å². The Hall–Kier alpha value is -1.26. The number of nitrogens with one attached hydrogen (secondary N) is 2. The molecule has 2 rings (SSSR count). The molecule has 5 heteroatoms. The molecule has 0 aromatic heterocycles. The SMILES string of the molecule is C[C@H]1CCCCN1[C@@H](C)CNC(=O)Nc1ccccc1Cl. The number of likely N-dealkylation sites (tertiary alicyclic amines) is 1. The summed E-state index contributed by atoms with van der Waals surface area (Å²) in [7, 11) is 0. The van der Waals surface area contributed by atoms with Crippen molar-refractivity contribution >= 4 is 23.3 Å². The molecule has 0 bridgehead atoms. The molecule has 21 heavy (non-hydrogen) atoms. The van der Waals surface area contributed by atoms with Crippen molar-refractivity contribution in [3.63, 3.8) is 0 Å². The van der Waals surface area contributed by atoms with Crippen molar-refractivity contribution in [3.8, 4) is 0 Å². The highest BCUT2D eigenvalue weighted by Crippen LogP contribution is 2.20. The third-order valence-corrected chi connectivity index (χ3v) is 4.43. The molecule has 1 aliphatic rings. The maximum atomic E-state index is 11.9. The molecule has 1 aliphatic heterocycles. The van der Waals surface area contributed by atoms with Crippen molar-refractivity contribution in [2.24, 2.45) is 0 Å². The van der Waals surface area contributed by atoms with E-state index in [2.05, 4.69) is 29.4 Å². The summed E-state index contributed by atoms with van der Waals surface area (Å²) in [5.74, 6) is 0. The Labute approximate surface area is 131 Å². The Morgan fingerprint density at radius 2 is 2.19 bits per heavy atom. The smallest absolute Gasteiger partial charge is 0.319 e. The fraction of sp³-hybridized carbons (Fsp3) is 0.562. The Kier molecular flexibility index (Phi) is 5.88. The first-order chi connectivity index (χ1) is 10.1. The summed E-state index contributed by atoms with van der Waals surface area (Å²) >= 11 is 6.02. The summed E-state index contributed by atoms with van der Waals surface area (Å²) < 4.78 is 0. The predicted molar refractivity (Wildman–Crippen MR) is 88.0 cm³/mol. The van der Waals surface area contributed by atoms with E-state index in [0.29, 0.717) is 29.3 Å². The van der Waals surface area contributed by atoms with Crippen LogP contribution in [0.5, 0.6) is 0 Å². The lowest BCUT2D eigenvalue weighted by atomic mass is 10.0. The van der Waals surface area contributed by atoms with Gasteiger partial charge in [-0.15, -0.1) is 0 Å². The number of nitrogens with zero attached hydrogens (tertiary/aromatic N) is 1. The number of carbonyl (C=O) groups excluding carboxylic acids is 1.